The Morgan fingerprint density at radius 3 is 3.08 bits per heavy atom. The zero-order chi connectivity index (χ0) is 9.42. The van der Waals surface area contributed by atoms with Crippen LogP contribution in [0.2, 0.25) is 0 Å². The van der Waals surface area contributed by atoms with Gasteiger partial charge >= 0.3 is 5.29 Å². The molecule has 0 N–H and O–H groups in total. The highest BCUT2D eigenvalue weighted by Gasteiger charge is 2.25. The van der Waals surface area contributed by atoms with Crippen LogP contribution in [0.25, 0.3) is 0 Å². The van der Waals surface area contributed by atoms with Crippen LogP contribution >= 0.6 is 34.2 Å². The van der Waals surface area contributed by atoms with E-state index in [1.165, 1.54) is 0 Å². The Morgan fingerprint density at radius 2 is 2.31 bits per heavy atom. The molecule has 66 valence electrons. The third-order valence-corrected chi connectivity index (χ3v) is 2.72. The largest absolute Gasteiger partial charge is 0.435 e. The Kier molecular flexibility index (Phi) is 2.33. The lowest BCUT2D eigenvalue weighted by Gasteiger charge is -2.03. The van der Waals surface area contributed by atoms with Crippen LogP contribution in [0.15, 0.2) is 23.2 Å². The Morgan fingerprint density at radius 1 is 1.54 bits per heavy atom. The lowest BCUT2D eigenvalue weighted by atomic mass is 10.1. The first kappa shape index (κ1) is 9.08. The number of nitroso groups, excluding NO2 is 1. The van der Waals surface area contributed by atoms with E-state index in [2.05, 4.69) is 27.6 Å². The molecule has 1 aliphatic rings. The van der Waals surface area contributed by atoms with Crippen LogP contribution in [0.3, 0.4) is 0 Å². The van der Waals surface area contributed by atoms with Gasteiger partial charge in [0.2, 0.25) is 0 Å². The molecule has 0 radical (unpaired) electrons. The number of halogens is 2. The molecule has 0 atom stereocenters. The topological polar surface area (TPSA) is 32.4 Å². The summed E-state index contributed by atoms with van der Waals surface area (Å²) in [6.45, 7) is 0.286. The number of hydrogen-bond acceptors (Lipinski definition) is 2. The minimum Gasteiger partial charge on any atom is -0.0640 e. The summed E-state index contributed by atoms with van der Waals surface area (Å²) >= 11 is 7.79. The first-order chi connectivity index (χ1) is 6.16. The molecule has 0 fully saturated rings. The third-order valence-electron chi connectivity index (χ3n) is 1.77. The molecule has 1 heterocycles. The second-order valence-electron chi connectivity index (χ2n) is 2.69. The molecule has 0 bridgehead atoms. The maximum absolute atomic E-state index is 11.1. The van der Waals surface area contributed by atoms with E-state index in [-0.39, 0.29) is 11.8 Å². The Labute approximate surface area is 93.5 Å². The average Bonchev–Trinajstić information content (AvgIpc) is 2.08. The van der Waals surface area contributed by atoms with Crippen molar-refractivity contribution in [3.05, 3.63) is 32.2 Å². The average molecular weight is 307 g/mol. The summed E-state index contributed by atoms with van der Waals surface area (Å²) in [5.74, 6) is 0. The summed E-state index contributed by atoms with van der Waals surface area (Å²) in [5.41, 5.74) is 1.71. The maximum atomic E-state index is 11.1. The number of aliphatic imine (C=N–C) groups is 1. The lowest BCUT2D eigenvalue weighted by Crippen LogP contribution is -2.16. The third kappa shape index (κ3) is 1.73. The van der Waals surface area contributed by atoms with Crippen LogP contribution in [-0.4, -0.2) is 10.1 Å². The van der Waals surface area contributed by atoms with Crippen LogP contribution in [0.5, 0.6) is 0 Å². The first-order valence-corrected chi connectivity index (χ1v) is 5.10. The van der Waals surface area contributed by atoms with Gasteiger partial charge in [-0.2, -0.15) is 0 Å². The molecular weight excluding hydrogens is 302 g/mol. The van der Waals surface area contributed by atoms with E-state index in [4.69, 9.17) is 11.6 Å². The van der Waals surface area contributed by atoms with Gasteiger partial charge in [-0.25, -0.2) is 0 Å². The Balaban J connectivity index is 2.56. The van der Waals surface area contributed by atoms with Crippen molar-refractivity contribution < 1.29 is 4.76 Å². The van der Waals surface area contributed by atoms with Crippen LogP contribution < -0.4 is 0 Å². The van der Waals surface area contributed by atoms with Gasteiger partial charge in [-0.15, -0.1) is 0 Å². The summed E-state index contributed by atoms with van der Waals surface area (Å²) in [6.07, 6.45) is 0. The van der Waals surface area contributed by atoms with Crippen molar-refractivity contribution in [3.8, 4) is 0 Å². The van der Waals surface area contributed by atoms with Gasteiger partial charge in [0.1, 0.15) is 0 Å². The van der Waals surface area contributed by atoms with Gasteiger partial charge in [-0.1, -0.05) is 4.91 Å². The van der Waals surface area contributed by atoms with Gasteiger partial charge in [-0.05, 0) is 50.5 Å². The van der Waals surface area contributed by atoms with Gasteiger partial charge in [0.15, 0.2) is 12.2 Å². The molecule has 3 nitrogen and oxygen atoms in total. The molecule has 2 rings (SSSR count). The van der Waals surface area contributed by atoms with E-state index >= 15 is 0 Å². The minimum absolute atomic E-state index is 0.00806. The summed E-state index contributed by atoms with van der Waals surface area (Å²) in [5, 5.41) is 0.00806. The highest BCUT2D eigenvalue weighted by Crippen LogP contribution is 2.26. The molecule has 0 aliphatic carbocycles. The molecule has 5 heteroatoms. The van der Waals surface area contributed by atoms with Crippen LogP contribution in [0.4, 0.5) is 5.69 Å². The molecule has 1 aliphatic heterocycles. The number of benzene rings is 1. The molecule has 1 aromatic rings. The van der Waals surface area contributed by atoms with Crippen molar-refractivity contribution in [2.75, 3.05) is 0 Å². The first-order valence-electron chi connectivity index (χ1n) is 3.64. The number of fused-ring (bicyclic) bond motifs is 1. The molecular formula is C8H5ClIN2O+. The second kappa shape index (κ2) is 3.34. The van der Waals surface area contributed by atoms with Crippen molar-refractivity contribution in [2.24, 2.45) is 4.99 Å². The van der Waals surface area contributed by atoms with E-state index in [0.29, 0.717) is 4.76 Å². The van der Waals surface area contributed by atoms with Crippen molar-refractivity contribution in [3.63, 3.8) is 0 Å². The summed E-state index contributed by atoms with van der Waals surface area (Å²) in [4.78, 5) is 15.1. The molecule has 0 saturated carbocycles. The SMILES string of the molecule is O=[N+]1Cc2cc(I)ccc2N=C1Cl. The van der Waals surface area contributed by atoms with Crippen molar-refractivity contribution >= 4 is 45.2 Å². The summed E-state index contributed by atoms with van der Waals surface area (Å²) in [7, 11) is 0. The number of amidine groups is 1. The van der Waals surface area contributed by atoms with Crippen molar-refractivity contribution in [1.29, 1.82) is 0 Å². The molecule has 1 aromatic carbocycles. The predicted octanol–water partition coefficient (Wildman–Crippen LogP) is 2.81. The fourth-order valence-corrected chi connectivity index (χ4v) is 1.87. The quantitative estimate of drug-likeness (QED) is 0.412. The molecule has 0 aromatic heterocycles. The van der Waals surface area contributed by atoms with E-state index in [0.717, 1.165) is 14.8 Å². The number of nitrogens with zero attached hydrogens (tertiary/aromatic N) is 2. The monoisotopic (exact) mass is 307 g/mol. The fraction of sp³-hybridized carbons (Fsp3) is 0.125. The van der Waals surface area contributed by atoms with Gasteiger partial charge in [0.25, 0.3) is 0 Å². The Hall–Kier alpha value is -0.490. The fourth-order valence-electron chi connectivity index (χ4n) is 1.16. The van der Waals surface area contributed by atoms with Crippen LogP contribution in [0, 0.1) is 8.48 Å². The lowest BCUT2D eigenvalue weighted by molar-refractivity contribution is -0.445. The van der Waals surface area contributed by atoms with Crippen LogP contribution in [0.1, 0.15) is 5.56 Å². The van der Waals surface area contributed by atoms with Crippen molar-refractivity contribution in [2.45, 2.75) is 6.54 Å². The second-order valence-corrected chi connectivity index (χ2v) is 4.27. The zero-order valence-electron chi connectivity index (χ0n) is 6.50. The minimum atomic E-state index is 0.00806. The van der Waals surface area contributed by atoms with E-state index in [9.17, 15) is 4.91 Å². The number of hydrogen-bond donors (Lipinski definition) is 0. The van der Waals surface area contributed by atoms with E-state index < -0.39 is 0 Å². The van der Waals surface area contributed by atoms with Gasteiger partial charge < -0.3 is 0 Å². The summed E-state index contributed by atoms with van der Waals surface area (Å²) < 4.78 is 1.78. The number of rotatable bonds is 0. The molecule has 0 amide bonds. The predicted molar refractivity (Wildman–Crippen MR) is 59.4 cm³/mol. The van der Waals surface area contributed by atoms with Gasteiger partial charge in [0, 0.05) is 20.7 Å². The smallest absolute Gasteiger partial charge is 0.0640 e. The molecule has 13 heavy (non-hydrogen) atoms. The molecule has 0 spiro atoms. The van der Waals surface area contributed by atoms with E-state index in [1.54, 1.807) is 0 Å². The molecule has 0 unspecified atom stereocenters. The van der Waals surface area contributed by atoms with Gasteiger partial charge in [-0.3, -0.25) is 0 Å². The highest BCUT2D eigenvalue weighted by atomic mass is 127. The van der Waals surface area contributed by atoms with Gasteiger partial charge in [0.05, 0.1) is 0 Å². The normalized spacial score (nSPS) is 15.2. The zero-order valence-corrected chi connectivity index (χ0v) is 9.41. The standard InChI is InChI=1S/C8H5ClIN2O/c9-8-11-7-2-1-6(10)3-5(7)4-12(8)13/h1-3H,4H2/q+1. The highest BCUT2D eigenvalue weighted by molar-refractivity contribution is 14.1. The summed E-state index contributed by atoms with van der Waals surface area (Å²) in [6, 6.07) is 5.74. The van der Waals surface area contributed by atoms with Crippen molar-refractivity contribution in [1.82, 2.24) is 0 Å². The maximum Gasteiger partial charge on any atom is 0.435 e. The Bertz CT molecular complexity index is 417. The molecule has 0 saturated heterocycles. The van der Waals surface area contributed by atoms with E-state index in [1.807, 2.05) is 18.2 Å². The van der Waals surface area contributed by atoms with Crippen LogP contribution in [-0.2, 0) is 6.54 Å².